The Balaban J connectivity index is 1.65. The maximum atomic E-state index is 4.68. The number of allylic oxidation sites excluding steroid dienone is 3. The maximum Gasteiger partial charge on any atom is 0.0437 e. The molecule has 2 atom stereocenters. The summed E-state index contributed by atoms with van der Waals surface area (Å²) in [6.07, 6.45) is 10.9. The van der Waals surface area contributed by atoms with Gasteiger partial charge in [0.2, 0.25) is 0 Å². The van der Waals surface area contributed by atoms with Gasteiger partial charge in [0.25, 0.3) is 0 Å². The van der Waals surface area contributed by atoms with E-state index in [9.17, 15) is 0 Å². The fourth-order valence-corrected chi connectivity index (χ4v) is 4.42. The van der Waals surface area contributed by atoms with Crippen molar-refractivity contribution in [3.63, 3.8) is 0 Å². The average molecular weight is 256 g/mol. The summed E-state index contributed by atoms with van der Waals surface area (Å²) in [6, 6.07) is 0.701. The van der Waals surface area contributed by atoms with Crippen molar-refractivity contribution in [2.75, 3.05) is 13.1 Å². The smallest absolute Gasteiger partial charge is 0.0437 e. The van der Waals surface area contributed by atoms with E-state index in [0.29, 0.717) is 11.5 Å². The van der Waals surface area contributed by atoms with Crippen LogP contribution in [0.4, 0.5) is 0 Å². The Morgan fingerprint density at radius 1 is 1.32 bits per heavy atom. The van der Waals surface area contributed by atoms with Crippen molar-refractivity contribution in [1.82, 2.24) is 4.90 Å². The first-order chi connectivity index (χ1) is 9.21. The summed E-state index contributed by atoms with van der Waals surface area (Å²) in [6.45, 7) is 7.29. The minimum absolute atomic E-state index is 0.526. The third-order valence-corrected chi connectivity index (χ3v) is 5.61. The molecule has 2 heterocycles. The monoisotopic (exact) mass is 256 g/mol. The maximum absolute atomic E-state index is 4.68. The molecular formula is C17H24N2. The molecule has 0 radical (unpaired) electrons. The average Bonchev–Trinajstić information content (AvgIpc) is 3.00. The molecule has 4 rings (SSSR count). The van der Waals surface area contributed by atoms with Gasteiger partial charge in [0.05, 0.1) is 0 Å². The van der Waals surface area contributed by atoms with Crippen molar-refractivity contribution in [3.8, 4) is 0 Å². The van der Waals surface area contributed by atoms with E-state index >= 15 is 0 Å². The van der Waals surface area contributed by atoms with Gasteiger partial charge in [-0.1, -0.05) is 6.08 Å². The van der Waals surface area contributed by atoms with Crippen LogP contribution in [-0.4, -0.2) is 30.2 Å². The van der Waals surface area contributed by atoms with Crippen molar-refractivity contribution in [3.05, 3.63) is 22.9 Å². The second kappa shape index (κ2) is 4.05. The minimum atomic E-state index is 0.526. The Morgan fingerprint density at radius 3 is 3.00 bits per heavy atom. The van der Waals surface area contributed by atoms with Gasteiger partial charge in [-0.05, 0) is 63.0 Å². The van der Waals surface area contributed by atoms with Gasteiger partial charge in [0, 0.05) is 36.5 Å². The van der Waals surface area contributed by atoms with Gasteiger partial charge in [0.1, 0.15) is 0 Å². The van der Waals surface area contributed by atoms with Gasteiger partial charge < -0.3 is 0 Å². The molecule has 2 fully saturated rings. The Bertz CT molecular complexity index is 497. The van der Waals surface area contributed by atoms with Crippen LogP contribution in [0.5, 0.6) is 0 Å². The SMILES string of the molecule is CC(C)N1CC2CC2(C2=CCCC3=C2CCC=N3)C1. The summed E-state index contributed by atoms with van der Waals surface area (Å²) in [7, 11) is 0. The van der Waals surface area contributed by atoms with E-state index < -0.39 is 0 Å². The van der Waals surface area contributed by atoms with Gasteiger partial charge in [-0.15, -0.1) is 0 Å². The summed E-state index contributed by atoms with van der Waals surface area (Å²) in [5.41, 5.74) is 5.27. The number of rotatable bonds is 2. The molecule has 2 heteroatoms. The molecule has 0 bridgehead atoms. The number of hydrogen-bond acceptors (Lipinski definition) is 2. The number of piperidine rings is 1. The predicted octanol–water partition coefficient (Wildman–Crippen LogP) is 3.56. The van der Waals surface area contributed by atoms with Gasteiger partial charge in [-0.25, -0.2) is 0 Å². The van der Waals surface area contributed by atoms with Crippen LogP contribution in [0.2, 0.25) is 0 Å². The van der Waals surface area contributed by atoms with Crippen LogP contribution in [0.15, 0.2) is 27.9 Å². The molecule has 0 aromatic heterocycles. The van der Waals surface area contributed by atoms with Crippen LogP contribution < -0.4 is 0 Å². The quantitative estimate of drug-likeness (QED) is 0.737. The summed E-state index contributed by atoms with van der Waals surface area (Å²) in [5.74, 6) is 0.930. The van der Waals surface area contributed by atoms with E-state index in [-0.39, 0.29) is 0 Å². The molecule has 102 valence electrons. The zero-order valence-corrected chi connectivity index (χ0v) is 12.2. The second-order valence-corrected chi connectivity index (χ2v) is 7.01. The highest BCUT2D eigenvalue weighted by molar-refractivity contribution is 5.64. The Labute approximate surface area is 116 Å². The number of hydrogen-bond donors (Lipinski definition) is 0. The van der Waals surface area contributed by atoms with Crippen molar-refractivity contribution in [2.24, 2.45) is 16.3 Å². The number of aliphatic imine (C=N–C) groups is 1. The minimum Gasteiger partial charge on any atom is -0.300 e. The van der Waals surface area contributed by atoms with Crippen LogP contribution in [0.3, 0.4) is 0 Å². The summed E-state index contributed by atoms with van der Waals surface area (Å²) < 4.78 is 0. The first kappa shape index (κ1) is 11.9. The Morgan fingerprint density at radius 2 is 2.21 bits per heavy atom. The molecule has 19 heavy (non-hydrogen) atoms. The largest absolute Gasteiger partial charge is 0.300 e. The van der Waals surface area contributed by atoms with Crippen molar-refractivity contribution in [2.45, 2.75) is 52.0 Å². The van der Waals surface area contributed by atoms with E-state index in [2.05, 4.69) is 36.0 Å². The van der Waals surface area contributed by atoms with E-state index in [1.807, 2.05) is 0 Å². The van der Waals surface area contributed by atoms with E-state index in [1.165, 1.54) is 44.5 Å². The normalized spacial score (nSPS) is 37.4. The second-order valence-electron chi connectivity index (χ2n) is 7.01. The fourth-order valence-electron chi connectivity index (χ4n) is 4.42. The zero-order valence-electron chi connectivity index (χ0n) is 12.2. The lowest BCUT2D eigenvalue weighted by atomic mass is 9.80. The highest BCUT2D eigenvalue weighted by atomic mass is 15.2. The molecule has 1 saturated carbocycles. The number of nitrogens with zero attached hydrogens (tertiary/aromatic N) is 2. The Kier molecular flexibility index (Phi) is 2.54. The molecule has 2 aliphatic heterocycles. The van der Waals surface area contributed by atoms with Crippen LogP contribution in [-0.2, 0) is 0 Å². The van der Waals surface area contributed by atoms with Crippen LogP contribution in [0.1, 0.15) is 46.0 Å². The van der Waals surface area contributed by atoms with Crippen LogP contribution in [0, 0.1) is 11.3 Å². The van der Waals surface area contributed by atoms with Gasteiger partial charge >= 0.3 is 0 Å². The van der Waals surface area contributed by atoms with Crippen LogP contribution in [0.25, 0.3) is 0 Å². The third-order valence-electron chi connectivity index (χ3n) is 5.61. The molecule has 2 nitrogen and oxygen atoms in total. The summed E-state index contributed by atoms with van der Waals surface area (Å²) in [5, 5.41) is 0. The summed E-state index contributed by atoms with van der Waals surface area (Å²) >= 11 is 0. The lowest BCUT2D eigenvalue weighted by Crippen LogP contribution is -2.32. The molecule has 0 spiro atoms. The standard InChI is InChI=1S/C17H24N2/c1-12(2)19-10-13-9-17(13,11-19)15-6-3-7-16-14(15)5-4-8-18-16/h6,8,12-13H,3-5,7,9-11H2,1-2H3. The lowest BCUT2D eigenvalue weighted by Gasteiger charge is -2.30. The third kappa shape index (κ3) is 1.69. The first-order valence-electron chi connectivity index (χ1n) is 7.90. The van der Waals surface area contributed by atoms with Gasteiger partial charge in [-0.3, -0.25) is 9.89 Å². The van der Waals surface area contributed by atoms with Gasteiger partial charge in [-0.2, -0.15) is 0 Å². The molecule has 2 unspecified atom stereocenters. The predicted molar refractivity (Wildman–Crippen MR) is 79.3 cm³/mol. The van der Waals surface area contributed by atoms with Crippen molar-refractivity contribution >= 4 is 6.21 Å². The molecule has 1 saturated heterocycles. The first-order valence-corrected chi connectivity index (χ1v) is 7.90. The molecule has 4 aliphatic rings. The van der Waals surface area contributed by atoms with Crippen molar-refractivity contribution < 1.29 is 0 Å². The van der Waals surface area contributed by atoms with E-state index in [1.54, 1.807) is 11.1 Å². The highest BCUT2D eigenvalue weighted by Crippen LogP contribution is 2.65. The highest BCUT2D eigenvalue weighted by Gasteiger charge is 2.62. The molecule has 2 aliphatic carbocycles. The van der Waals surface area contributed by atoms with Crippen LogP contribution >= 0.6 is 0 Å². The molecular weight excluding hydrogens is 232 g/mol. The van der Waals surface area contributed by atoms with Gasteiger partial charge in [0.15, 0.2) is 0 Å². The number of fused-ring (bicyclic) bond motifs is 1. The summed E-state index contributed by atoms with van der Waals surface area (Å²) in [4.78, 5) is 7.35. The molecule has 0 N–H and O–H groups in total. The molecule has 0 aromatic rings. The van der Waals surface area contributed by atoms with Crippen molar-refractivity contribution in [1.29, 1.82) is 0 Å². The molecule has 0 aromatic carbocycles. The van der Waals surface area contributed by atoms with E-state index in [4.69, 9.17) is 0 Å². The lowest BCUT2D eigenvalue weighted by molar-refractivity contribution is 0.237. The van der Waals surface area contributed by atoms with E-state index in [0.717, 1.165) is 12.3 Å². The fraction of sp³-hybridized carbons (Fsp3) is 0.706. The Hall–Kier alpha value is -0.890. The topological polar surface area (TPSA) is 15.6 Å². The number of likely N-dealkylation sites (tertiary alicyclic amines) is 1. The zero-order chi connectivity index (χ0) is 13.0. The molecule has 0 amide bonds.